The van der Waals surface area contributed by atoms with Crippen LogP contribution in [-0.2, 0) is 10.0 Å². The molecule has 10 nitrogen and oxygen atoms in total. The average Bonchev–Trinajstić information content (AvgIpc) is 3.07. The van der Waals surface area contributed by atoms with Gasteiger partial charge in [-0.3, -0.25) is 9.69 Å². The Bertz CT molecular complexity index is 1170. The highest BCUT2D eigenvalue weighted by Gasteiger charge is 2.23. The second-order valence-electron chi connectivity index (χ2n) is 6.93. The quantitative estimate of drug-likeness (QED) is 0.427. The zero-order valence-corrected chi connectivity index (χ0v) is 16.4. The van der Waals surface area contributed by atoms with Crippen molar-refractivity contribution in [2.45, 2.75) is 4.90 Å². The molecule has 0 spiro atoms. The van der Waals surface area contributed by atoms with Crippen LogP contribution in [0.4, 0.5) is 0 Å². The first-order chi connectivity index (χ1) is 13.9. The number of H-pyrrole nitrogens is 1. The first-order valence-electron chi connectivity index (χ1n) is 9.20. The third kappa shape index (κ3) is 3.82. The smallest absolute Gasteiger partial charge is 0.269 e. The Morgan fingerprint density at radius 3 is 2.66 bits per heavy atom. The normalized spacial score (nSPS) is 16.6. The van der Waals surface area contributed by atoms with Crippen LogP contribution >= 0.6 is 0 Å². The number of hydrogen-bond acceptors (Lipinski definition) is 7. The molecule has 3 aromatic rings. The van der Waals surface area contributed by atoms with E-state index in [1.54, 1.807) is 23.2 Å². The molecular weight excluding hydrogens is 396 g/mol. The van der Waals surface area contributed by atoms with Gasteiger partial charge in [-0.15, -0.1) is 4.83 Å². The van der Waals surface area contributed by atoms with Crippen LogP contribution in [0.3, 0.4) is 0 Å². The molecule has 5 N–H and O–H groups in total. The van der Waals surface area contributed by atoms with Crippen molar-refractivity contribution in [2.75, 3.05) is 39.3 Å². The molecule has 2 aromatic heterocycles. The van der Waals surface area contributed by atoms with Crippen molar-refractivity contribution >= 4 is 37.7 Å². The molecule has 0 atom stereocenters. The number of hydrogen-bond donors (Lipinski definition) is 4. The Kier molecular flexibility index (Phi) is 5.23. The maximum absolute atomic E-state index is 12.9. The highest BCUT2D eigenvalue weighted by atomic mass is 32.2. The monoisotopic (exact) mass is 418 g/mol. The Morgan fingerprint density at radius 1 is 1.21 bits per heavy atom. The minimum atomic E-state index is -3.77. The van der Waals surface area contributed by atoms with Gasteiger partial charge in [-0.05, 0) is 24.3 Å². The van der Waals surface area contributed by atoms with E-state index >= 15 is 0 Å². The SMILES string of the molecule is NC(=O)c1nccc2c1[nH]c1ccc(S(=O)(=O)NN3CCN(CCO)CC3)cc12. The molecule has 0 bridgehead atoms. The van der Waals surface area contributed by atoms with E-state index < -0.39 is 15.9 Å². The summed E-state index contributed by atoms with van der Waals surface area (Å²) in [5.74, 6) is -0.656. The van der Waals surface area contributed by atoms with Gasteiger partial charge in [0.25, 0.3) is 15.9 Å². The number of nitrogens with one attached hydrogen (secondary N) is 2. The summed E-state index contributed by atoms with van der Waals surface area (Å²) in [6, 6.07) is 6.46. The molecule has 1 fully saturated rings. The van der Waals surface area contributed by atoms with Crippen LogP contribution in [-0.4, -0.2) is 78.6 Å². The van der Waals surface area contributed by atoms with E-state index in [9.17, 15) is 13.2 Å². The van der Waals surface area contributed by atoms with Crippen LogP contribution in [0.15, 0.2) is 35.4 Å². The summed E-state index contributed by atoms with van der Waals surface area (Å²) < 4.78 is 25.8. The average molecular weight is 418 g/mol. The van der Waals surface area contributed by atoms with Crippen molar-refractivity contribution in [3.05, 3.63) is 36.2 Å². The Balaban J connectivity index is 1.62. The van der Waals surface area contributed by atoms with Crippen molar-refractivity contribution in [2.24, 2.45) is 5.73 Å². The van der Waals surface area contributed by atoms with E-state index in [1.165, 1.54) is 12.3 Å². The number of rotatable bonds is 6. The standard InChI is InChI=1S/C18H22N6O4S/c19-18(26)17-16-13(3-4-20-17)14-11-12(1-2-15(14)21-16)29(27,28)22-24-7-5-23(6-8-24)9-10-25/h1-4,11,21-22,25H,5-10H2,(H2,19,26). The van der Waals surface area contributed by atoms with E-state index in [0.29, 0.717) is 54.5 Å². The fraction of sp³-hybridized carbons (Fsp3) is 0.333. The summed E-state index contributed by atoms with van der Waals surface area (Å²) in [7, 11) is -3.77. The van der Waals surface area contributed by atoms with Crippen molar-refractivity contribution in [1.29, 1.82) is 0 Å². The van der Waals surface area contributed by atoms with Crippen molar-refractivity contribution in [1.82, 2.24) is 24.7 Å². The molecule has 3 heterocycles. The lowest BCUT2D eigenvalue weighted by molar-refractivity contribution is 0.0993. The summed E-state index contributed by atoms with van der Waals surface area (Å²) >= 11 is 0. The first kappa shape index (κ1) is 19.7. The van der Waals surface area contributed by atoms with Gasteiger partial charge in [0.05, 0.1) is 17.0 Å². The van der Waals surface area contributed by atoms with Crippen LogP contribution in [0.5, 0.6) is 0 Å². The molecule has 29 heavy (non-hydrogen) atoms. The van der Waals surface area contributed by atoms with Crippen molar-refractivity contribution < 1.29 is 18.3 Å². The zero-order chi connectivity index (χ0) is 20.6. The van der Waals surface area contributed by atoms with Crippen LogP contribution in [0.1, 0.15) is 10.5 Å². The lowest BCUT2D eigenvalue weighted by Crippen LogP contribution is -2.53. The van der Waals surface area contributed by atoms with Crippen LogP contribution < -0.4 is 10.6 Å². The molecule has 0 saturated carbocycles. The fourth-order valence-electron chi connectivity index (χ4n) is 3.58. The molecule has 1 aliphatic rings. The van der Waals surface area contributed by atoms with Gasteiger partial charge in [0.15, 0.2) is 5.69 Å². The van der Waals surface area contributed by atoms with Gasteiger partial charge in [0, 0.05) is 55.2 Å². The topological polar surface area (TPSA) is 145 Å². The van der Waals surface area contributed by atoms with Crippen molar-refractivity contribution in [3.63, 3.8) is 0 Å². The molecular formula is C18H22N6O4S. The third-order valence-corrected chi connectivity index (χ3v) is 6.45. The summed E-state index contributed by atoms with van der Waals surface area (Å²) in [6.45, 7) is 3.08. The van der Waals surface area contributed by atoms with E-state index in [4.69, 9.17) is 10.8 Å². The minimum absolute atomic E-state index is 0.0867. The second kappa shape index (κ2) is 7.69. The lowest BCUT2D eigenvalue weighted by atomic mass is 10.1. The highest BCUT2D eigenvalue weighted by Crippen LogP contribution is 2.28. The van der Waals surface area contributed by atoms with Gasteiger partial charge in [-0.2, -0.15) is 0 Å². The number of aromatic amines is 1. The molecule has 0 unspecified atom stereocenters. The number of sulfonamides is 1. The van der Waals surface area contributed by atoms with E-state index in [1.807, 2.05) is 0 Å². The van der Waals surface area contributed by atoms with E-state index in [0.717, 1.165) is 0 Å². The number of aromatic nitrogens is 2. The number of β-amino-alcohol motifs (C(OH)–C–C–N with tert-alkyl or cyclic N) is 1. The van der Waals surface area contributed by atoms with E-state index in [2.05, 4.69) is 19.7 Å². The number of nitrogens with zero attached hydrogens (tertiary/aromatic N) is 3. The van der Waals surface area contributed by atoms with Crippen LogP contribution in [0.2, 0.25) is 0 Å². The number of amides is 1. The molecule has 154 valence electrons. The summed E-state index contributed by atoms with van der Waals surface area (Å²) in [4.78, 5) is 23.5. The number of pyridine rings is 1. The second-order valence-corrected chi connectivity index (χ2v) is 8.59. The van der Waals surface area contributed by atoms with Crippen molar-refractivity contribution in [3.8, 4) is 0 Å². The number of hydrazine groups is 1. The van der Waals surface area contributed by atoms with Gasteiger partial charge in [0.1, 0.15) is 0 Å². The number of nitrogens with two attached hydrogens (primary N) is 1. The third-order valence-electron chi connectivity index (χ3n) is 5.07. The predicted octanol–water partition coefficient (Wildman–Crippen LogP) is -0.382. The van der Waals surface area contributed by atoms with Crippen LogP contribution in [0.25, 0.3) is 21.8 Å². The largest absolute Gasteiger partial charge is 0.395 e. The molecule has 1 saturated heterocycles. The number of benzene rings is 1. The summed E-state index contributed by atoms with van der Waals surface area (Å²) in [5.41, 5.74) is 6.67. The number of primary amides is 1. The Hall–Kier alpha value is -2.57. The number of carbonyl (C=O) groups is 1. The number of piperazine rings is 1. The first-order valence-corrected chi connectivity index (χ1v) is 10.7. The maximum atomic E-state index is 12.9. The van der Waals surface area contributed by atoms with Crippen LogP contribution in [0, 0.1) is 0 Å². The maximum Gasteiger partial charge on any atom is 0.269 e. The zero-order valence-electron chi connectivity index (χ0n) is 15.6. The fourth-order valence-corrected chi connectivity index (χ4v) is 4.73. The van der Waals surface area contributed by atoms with Gasteiger partial charge < -0.3 is 15.8 Å². The summed E-state index contributed by atoms with van der Waals surface area (Å²) in [6.07, 6.45) is 1.47. The van der Waals surface area contributed by atoms with Gasteiger partial charge in [0.2, 0.25) is 0 Å². The number of fused-ring (bicyclic) bond motifs is 3. The molecule has 0 radical (unpaired) electrons. The molecule has 1 aliphatic heterocycles. The molecule has 4 rings (SSSR count). The molecule has 11 heteroatoms. The predicted molar refractivity (Wildman–Crippen MR) is 108 cm³/mol. The Morgan fingerprint density at radius 2 is 1.97 bits per heavy atom. The number of carbonyl (C=O) groups excluding carboxylic acids is 1. The van der Waals surface area contributed by atoms with Gasteiger partial charge in [-0.1, -0.05) is 0 Å². The van der Waals surface area contributed by atoms with Gasteiger partial charge >= 0.3 is 0 Å². The molecule has 1 amide bonds. The minimum Gasteiger partial charge on any atom is -0.395 e. The number of aliphatic hydroxyl groups is 1. The highest BCUT2D eigenvalue weighted by molar-refractivity contribution is 7.89. The summed E-state index contributed by atoms with van der Waals surface area (Å²) in [5, 5.41) is 12.0. The lowest BCUT2D eigenvalue weighted by Gasteiger charge is -2.34. The molecule has 1 aromatic carbocycles. The van der Waals surface area contributed by atoms with E-state index in [-0.39, 0.29) is 17.2 Å². The number of aliphatic hydroxyl groups excluding tert-OH is 1. The molecule has 0 aliphatic carbocycles. The van der Waals surface area contributed by atoms with Gasteiger partial charge in [-0.25, -0.2) is 18.4 Å². The Labute approximate surface area is 167 Å².